The van der Waals surface area contributed by atoms with Crippen LogP contribution in [0.3, 0.4) is 0 Å². The fourth-order valence-electron chi connectivity index (χ4n) is 7.26. The summed E-state index contributed by atoms with van der Waals surface area (Å²) in [4.78, 5) is 20.5. The Morgan fingerprint density at radius 3 is 1.95 bits per heavy atom. The largest absolute Gasteiger partial charge is 0.416 e. The lowest BCUT2D eigenvalue weighted by atomic mass is 9.83. The van der Waals surface area contributed by atoms with E-state index in [2.05, 4.69) is 21.9 Å². The molecule has 236 valence electrons. The summed E-state index contributed by atoms with van der Waals surface area (Å²) in [7, 11) is 0. The molecule has 0 bridgehead atoms. The highest BCUT2D eigenvalue weighted by Gasteiger charge is 2.39. The second kappa shape index (κ2) is 13.6. The summed E-state index contributed by atoms with van der Waals surface area (Å²) in [6.45, 7) is 5.48. The minimum atomic E-state index is -4.95. The quantitative estimate of drug-likeness (QED) is 0.307. The normalized spacial score (nSPS) is 22.5. The van der Waals surface area contributed by atoms with Crippen LogP contribution in [-0.4, -0.2) is 72.0 Å². The van der Waals surface area contributed by atoms with Crippen molar-refractivity contribution >= 4 is 5.91 Å². The van der Waals surface area contributed by atoms with Gasteiger partial charge in [0.1, 0.15) is 0 Å². The SMILES string of the molecule is O=C(Cc1cc(C(F)(F)F)cc(C(F)(F)F)c1)N1CCCCC1C(CN1CCC(N2CCCCC2)CC1)c1ccccc1. The molecule has 43 heavy (non-hydrogen) atoms. The average Bonchev–Trinajstić information content (AvgIpc) is 3.00. The maximum atomic E-state index is 13.7. The third-order valence-electron chi connectivity index (χ3n) is 9.48. The molecule has 3 heterocycles. The van der Waals surface area contributed by atoms with Crippen LogP contribution in [0.2, 0.25) is 0 Å². The van der Waals surface area contributed by atoms with E-state index in [1.807, 2.05) is 18.2 Å². The van der Waals surface area contributed by atoms with Gasteiger partial charge in [0.05, 0.1) is 17.5 Å². The second-order valence-corrected chi connectivity index (χ2v) is 12.4. The minimum Gasteiger partial charge on any atom is -0.339 e. The summed E-state index contributed by atoms with van der Waals surface area (Å²) in [6.07, 6.45) is -1.96. The van der Waals surface area contributed by atoms with Crippen LogP contribution in [0.25, 0.3) is 0 Å². The van der Waals surface area contributed by atoms with Crippen LogP contribution in [0, 0.1) is 0 Å². The van der Waals surface area contributed by atoms with Crippen LogP contribution in [0.1, 0.15) is 79.5 Å². The first-order valence-electron chi connectivity index (χ1n) is 15.6. The molecule has 2 unspecified atom stereocenters. The van der Waals surface area contributed by atoms with Crippen molar-refractivity contribution in [1.82, 2.24) is 14.7 Å². The average molecular weight is 610 g/mol. The Kier molecular flexibility index (Phi) is 10.1. The molecule has 3 aliphatic heterocycles. The van der Waals surface area contributed by atoms with Crippen LogP contribution in [0.5, 0.6) is 0 Å². The summed E-state index contributed by atoms with van der Waals surface area (Å²) in [6, 6.07) is 11.9. The number of rotatable bonds is 7. The molecule has 0 N–H and O–H groups in total. The zero-order valence-corrected chi connectivity index (χ0v) is 24.5. The summed E-state index contributed by atoms with van der Waals surface area (Å²) in [5, 5.41) is 0. The maximum absolute atomic E-state index is 13.7. The molecular formula is C33H41F6N3O. The Morgan fingerprint density at radius 1 is 0.744 bits per heavy atom. The maximum Gasteiger partial charge on any atom is 0.416 e. The topological polar surface area (TPSA) is 26.8 Å². The molecule has 3 fully saturated rings. The van der Waals surface area contributed by atoms with E-state index in [1.54, 1.807) is 4.90 Å². The van der Waals surface area contributed by atoms with Crippen LogP contribution in [0.4, 0.5) is 26.3 Å². The molecule has 0 radical (unpaired) electrons. The first-order chi connectivity index (χ1) is 20.5. The molecule has 2 atom stereocenters. The highest BCUT2D eigenvalue weighted by molar-refractivity contribution is 5.79. The van der Waals surface area contributed by atoms with Crippen LogP contribution in [-0.2, 0) is 23.6 Å². The lowest BCUT2D eigenvalue weighted by molar-refractivity contribution is -0.143. The molecular weight excluding hydrogens is 568 g/mol. The zero-order valence-electron chi connectivity index (χ0n) is 24.5. The Bertz CT molecular complexity index is 1170. The monoisotopic (exact) mass is 609 g/mol. The van der Waals surface area contributed by atoms with Gasteiger partial charge in [-0.05, 0) is 100 Å². The number of benzene rings is 2. The van der Waals surface area contributed by atoms with Crippen molar-refractivity contribution in [1.29, 1.82) is 0 Å². The molecule has 0 spiro atoms. The molecule has 3 saturated heterocycles. The van der Waals surface area contributed by atoms with Gasteiger partial charge in [-0.2, -0.15) is 26.3 Å². The summed E-state index contributed by atoms with van der Waals surface area (Å²) >= 11 is 0. The van der Waals surface area contributed by atoms with Crippen molar-refractivity contribution in [2.24, 2.45) is 0 Å². The Morgan fingerprint density at radius 2 is 1.35 bits per heavy atom. The zero-order chi connectivity index (χ0) is 30.6. The smallest absolute Gasteiger partial charge is 0.339 e. The third-order valence-corrected chi connectivity index (χ3v) is 9.48. The van der Waals surface area contributed by atoms with E-state index in [0.717, 1.165) is 57.3 Å². The highest BCUT2D eigenvalue weighted by atomic mass is 19.4. The predicted molar refractivity (Wildman–Crippen MR) is 154 cm³/mol. The van der Waals surface area contributed by atoms with Crippen molar-refractivity contribution < 1.29 is 31.1 Å². The Hall–Kier alpha value is -2.59. The van der Waals surface area contributed by atoms with Gasteiger partial charge in [-0.3, -0.25) is 4.79 Å². The van der Waals surface area contributed by atoms with Crippen molar-refractivity contribution in [3.05, 3.63) is 70.8 Å². The number of piperidine rings is 3. The lowest BCUT2D eigenvalue weighted by Crippen LogP contribution is -2.51. The van der Waals surface area contributed by atoms with Gasteiger partial charge in [0.2, 0.25) is 5.91 Å². The Labute approximate surface area is 250 Å². The molecule has 0 aliphatic carbocycles. The third kappa shape index (κ3) is 8.12. The lowest BCUT2D eigenvalue weighted by Gasteiger charge is -2.45. The van der Waals surface area contributed by atoms with Crippen molar-refractivity contribution in [3.8, 4) is 0 Å². The van der Waals surface area contributed by atoms with E-state index >= 15 is 0 Å². The van der Waals surface area contributed by atoms with Gasteiger partial charge in [-0.1, -0.05) is 36.8 Å². The summed E-state index contributed by atoms with van der Waals surface area (Å²) < 4.78 is 80.8. The van der Waals surface area contributed by atoms with Crippen LogP contribution >= 0.6 is 0 Å². The fraction of sp³-hybridized carbons (Fsp3) is 0.606. The predicted octanol–water partition coefficient (Wildman–Crippen LogP) is 7.38. The molecule has 5 rings (SSSR count). The molecule has 0 saturated carbocycles. The molecule has 10 heteroatoms. The van der Waals surface area contributed by atoms with E-state index < -0.39 is 35.8 Å². The number of halogens is 6. The molecule has 0 aromatic heterocycles. The molecule has 2 aromatic rings. The van der Waals surface area contributed by atoms with Crippen LogP contribution in [0.15, 0.2) is 48.5 Å². The second-order valence-electron chi connectivity index (χ2n) is 12.4. The van der Waals surface area contributed by atoms with E-state index in [-0.39, 0.29) is 23.6 Å². The molecule has 2 aromatic carbocycles. The first-order valence-corrected chi connectivity index (χ1v) is 15.6. The van der Waals surface area contributed by atoms with E-state index in [1.165, 1.54) is 32.4 Å². The van der Waals surface area contributed by atoms with E-state index in [9.17, 15) is 31.1 Å². The first kappa shape index (κ1) is 31.8. The van der Waals surface area contributed by atoms with E-state index in [0.29, 0.717) is 24.7 Å². The van der Waals surface area contributed by atoms with Gasteiger partial charge < -0.3 is 14.7 Å². The number of hydrogen-bond acceptors (Lipinski definition) is 3. The van der Waals surface area contributed by atoms with Gasteiger partial charge in [-0.15, -0.1) is 0 Å². The number of nitrogens with zero attached hydrogens (tertiary/aromatic N) is 3. The minimum absolute atomic E-state index is 0.00997. The van der Waals surface area contributed by atoms with Gasteiger partial charge in [0.15, 0.2) is 0 Å². The van der Waals surface area contributed by atoms with Crippen molar-refractivity contribution in [2.75, 3.05) is 39.3 Å². The number of alkyl halides is 6. The highest BCUT2D eigenvalue weighted by Crippen LogP contribution is 2.37. The number of hydrogen-bond donors (Lipinski definition) is 0. The van der Waals surface area contributed by atoms with E-state index in [4.69, 9.17) is 0 Å². The van der Waals surface area contributed by atoms with Crippen LogP contribution < -0.4 is 0 Å². The fourth-order valence-corrected chi connectivity index (χ4v) is 7.26. The molecule has 1 amide bonds. The summed E-state index contributed by atoms with van der Waals surface area (Å²) in [5.41, 5.74) is -1.96. The molecule has 4 nitrogen and oxygen atoms in total. The van der Waals surface area contributed by atoms with Crippen molar-refractivity contribution in [2.45, 2.75) is 88.1 Å². The molecule has 3 aliphatic rings. The van der Waals surface area contributed by atoms with Gasteiger partial charge in [0, 0.05) is 31.1 Å². The number of carbonyl (C=O) groups is 1. The number of amides is 1. The van der Waals surface area contributed by atoms with Gasteiger partial charge >= 0.3 is 12.4 Å². The summed E-state index contributed by atoms with van der Waals surface area (Å²) in [5.74, 6) is -0.439. The van der Waals surface area contributed by atoms with Crippen molar-refractivity contribution in [3.63, 3.8) is 0 Å². The number of likely N-dealkylation sites (tertiary alicyclic amines) is 3. The van der Waals surface area contributed by atoms with Gasteiger partial charge in [-0.25, -0.2) is 0 Å². The number of carbonyl (C=O) groups excluding carboxylic acids is 1. The van der Waals surface area contributed by atoms with Gasteiger partial charge in [0.25, 0.3) is 0 Å². The standard InChI is InChI=1S/C33H41F6N3O/c34-32(35,36)26-19-24(20-27(22-26)33(37,38)39)21-31(43)42-16-8-5-11-30(42)29(25-9-3-1-4-10-25)23-40-17-12-28(13-18-40)41-14-6-2-7-15-41/h1,3-4,9-10,19-20,22,28-30H,2,5-8,11-18,21,23H2. The Balaban J connectivity index is 1.34.